The minimum atomic E-state index is -2.54. The Bertz CT molecular complexity index is 1090. The minimum absolute atomic E-state index is 1.36. The molecule has 0 saturated carbocycles. The number of fused-ring (bicyclic) bond motifs is 3. The second-order valence-corrected chi connectivity index (χ2v) is 52.7. The first kappa shape index (κ1) is 48.6. The third-order valence-corrected chi connectivity index (χ3v) is 58.2. The van der Waals surface area contributed by atoms with E-state index in [0.29, 0.717) is 0 Å². The number of hydrogen-bond donors (Lipinski definition) is 0. The fourth-order valence-electron chi connectivity index (χ4n) is 10.2. The first-order chi connectivity index (χ1) is 25.9. The van der Waals surface area contributed by atoms with Crippen molar-refractivity contribution < 1.29 is 0 Å². The molecule has 0 nitrogen and oxygen atoms in total. The summed E-state index contributed by atoms with van der Waals surface area (Å²) in [6.07, 6.45) is 34.6. The molecule has 0 saturated heterocycles. The van der Waals surface area contributed by atoms with Crippen LogP contribution in [0, 0.1) is 0 Å². The van der Waals surface area contributed by atoms with Crippen LogP contribution in [0.2, 0.25) is 38.7 Å². The molecule has 3 rings (SSSR count). The van der Waals surface area contributed by atoms with Crippen LogP contribution in [0.1, 0.15) is 209 Å². The fourth-order valence-corrected chi connectivity index (χ4v) is 58.6. The van der Waals surface area contributed by atoms with Crippen molar-refractivity contribution in [3.8, 4) is 9.75 Å². The van der Waals surface area contributed by atoms with E-state index in [2.05, 4.69) is 96.0 Å². The van der Waals surface area contributed by atoms with E-state index in [1.807, 2.05) is 20.1 Å². The average molecular weight is 997 g/mol. The van der Waals surface area contributed by atoms with Gasteiger partial charge in [-0.05, 0) is 0 Å². The summed E-state index contributed by atoms with van der Waals surface area (Å²) in [6.45, 7) is 19.6. The number of thiophene rings is 2. The van der Waals surface area contributed by atoms with Crippen LogP contribution in [0.25, 0.3) is 9.75 Å². The van der Waals surface area contributed by atoms with E-state index < -0.39 is 44.8 Å². The third-order valence-electron chi connectivity index (χ3n) is 13.7. The van der Waals surface area contributed by atoms with Crippen molar-refractivity contribution in [2.45, 2.75) is 248 Å². The van der Waals surface area contributed by atoms with Gasteiger partial charge in [-0.15, -0.1) is 0 Å². The topological polar surface area (TPSA) is 0 Å². The normalized spacial score (nSPS) is 14.0. The summed E-state index contributed by atoms with van der Waals surface area (Å²) in [4.78, 5) is 3.78. The molecule has 3 heterocycles. The Hall–Kier alpha value is 1.21. The summed E-state index contributed by atoms with van der Waals surface area (Å²) in [6, 6.07) is 9.27. The fraction of sp³-hybridized carbons (Fsp3) is 0.833. The van der Waals surface area contributed by atoms with Crippen LogP contribution >= 0.6 is 22.7 Å². The van der Waals surface area contributed by atoms with Gasteiger partial charge >= 0.3 is 354 Å². The van der Waals surface area contributed by atoms with E-state index in [1.165, 1.54) is 154 Å². The molecule has 0 aromatic carbocycles. The molecule has 0 bridgehead atoms. The van der Waals surface area contributed by atoms with Crippen LogP contribution in [0.4, 0.5) is 0 Å². The van der Waals surface area contributed by atoms with E-state index >= 15 is 0 Å². The van der Waals surface area contributed by atoms with Crippen LogP contribution in [0.3, 0.4) is 0 Å². The Kier molecular flexibility index (Phi) is 24.8. The summed E-state index contributed by atoms with van der Waals surface area (Å²) >= 11 is -0.148. The number of hydrogen-bond acceptors (Lipinski definition) is 2. The molecule has 0 amide bonds. The van der Waals surface area contributed by atoms with Gasteiger partial charge in [0.25, 0.3) is 0 Å². The van der Waals surface area contributed by atoms with Crippen LogP contribution in [0.5, 0.6) is 0 Å². The van der Waals surface area contributed by atoms with Gasteiger partial charge in [0, 0.05) is 0 Å². The molecule has 2 aromatic heterocycles. The molecule has 0 radical (unpaired) electrons. The Labute approximate surface area is 350 Å². The van der Waals surface area contributed by atoms with E-state index in [0.717, 1.165) is 0 Å². The van der Waals surface area contributed by atoms with Gasteiger partial charge in [-0.1, -0.05) is 0 Å². The van der Waals surface area contributed by atoms with Crippen LogP contribution in [0.15, 0.2) is 12.1 Å². The molecule has 0 N–H and O–H groups in total. The van der Waals surface area contributed by atoms with Gasteiger partial charge in [-0.25, -0.2) is 0 Å². The number of rotatable bonds is 34. The molecule has 0 atom stereocenters. The molecule has 53 heavy (non-hydrogen) atoms. The maximum atomic E-state index is 3.08. The zero-order valence-electron chi connectivity index (χ0n) is 37.1. The van der Waals surface area contributed by atoms with Crippen molar-refractivity contribution in [1.82, 2.24) is 0 Å². The Morgan fingerprint density at radius 2 is 0.623 bits per heavy atom. The summed E-state index contributed by atoms with van der Waals surface area (Å²) < 4.78 is 13.9. The van der Waals surface area contributed by atoms with Gasteiger partial charge in [0.1, 0.15) is 0 Å². The molecular formula is C48H90S2SiSn2. The van der Waals surface area contributed by atoms with Crippen molar-refractivity contribution in [3.63, 3.8) is 0 Å². The summed E-state index contributed by atoms with van der Waals surface area (Å²) in [5.74, 6) is 0. The quantitative estimate of drug-likeness (QED) is 0.0484. The van der Waals surface area contributed by atoms with Gasteiger partial charge in [-0.2, -0.15) is 0 Å². The first-order valence-corrected chi connectivity index (χ1v) is 43.2. The van der Waals surface area contributed by atoms with Crippen molar-refractivity contribution in [3.05, 3.63) is 12.1 Å². The molecule has 1 aliphatic rings. The molecule has 0 fully saturated rings. The second-order valence-electron chi connectivity index (χ2n) is 18.0. The Morgan fingerprint density at radius 3 is 0.906 bits per heavy atom. The van der Waals surface area contributed by atoms with Gasteiger partial charge < -0.3 is 0 Å². The average Bonchev–Trinajstić information content (AvgIpc) is 3.88. The van der Waals surface area contributed by atoms with E-state index in [9.17, 15) is 0 Å². The first-order valence-electron chi connectivity index (χ1n) is 24.2. The molecule has 2 aromatic rings. The molecule has 1 aliphatic heterocycles. The van der Waals surface area contributed by atoms with Crippen molar-refractivity contribution in [1.29, 1.82) is 0 Å². The third kappa shape index (κ3) is 13.6. The monoisotopic (exact) mass is 998 g/mol. The molecule has 306 valence electrons. The molecule has 0 aliphatic carbocycles. The van der Waals surface area contributed by atoms with Crippen LogP contribution in [-0.4, -0.2) is 44.8 Å². The van der Waals surface area contributed by atoms with Crippen molar-refractivity contribution >= 4 is 83.7 Å². The maximum absolute atomic E-state index is 3.08. The molecular weight excluding hydrogens is 906 g/mol. The molecule has 5 heteroatoms. The van der Waals surface area contributed by atoms with E-state index in [1.54, 1.807) is 38.7 Å². The zero-order valence-corrected chi connectivity index (χ0v) is 45.4. The molecule has 0 spiro atoms. The standard InChI is InChI=1S/C24H36S2Si.6C4H9.2Sn/c1-3-5-7-9-11-13-19-27(20-14-12-10-8-6-4-2)21-15-17-25-23(21)24-22(27)16-18-26-24;6*1-3-4-2;;/h15-16H,3-14,19-20H2,1-2H3;6*1,3-4H2,2H3;;. The van der Waals surface area contributed by atoms with Crippen molar-refractivity contribution in [2.75, 3.05) is 0 Å². The Morgan fingerprint density at radius 1 is 0.358 bits per heavy atom. The van der Waals surface area contributed by atoms with E-state index in [4.69, 9.17) is 0 Å². The van der Waals surface area contributed by atoms with Gasteiger partial charge in [0.05, 0.1) is 0 Å². The summed E-state index contributed by atoms with van der Waals surface area (Å²) in [7, 11) is -1.83. The predicted octanol–water partition coefficient (Wildman–Crippen LogP) is 16.2. The van der Waals surface area contributed by atoms with Crippen molar-refractivity contribution in [2.24, 2.45) is 0 Å². The predicted molar refractivity (Wildman–Crippen MR) is 258 cm³/mol. The van der Waals surface area contributed by atoms with Gasteiger partial charge in [-0.3, -0.25) is 0 Å². The SMILES string of the molecule is CCCCCCCC[Si]1(CCCCCCCC)c2c[c]([Sn]([CH2]CCC)([CH2]CCC)[CH2]CCC)sc2-c2s[c]([Sn]([CH2]CCC)([CH2]CCC)[CH2]CCC)cc21. The van der Waals surface area contributed by atoms with Gasteiger partial charge in [0.15, 0.2) is 0 Å². The van der Waals surface area contributed by atoms with Crippen LogP contribution < -0.4 is 16.2 Å². The Balaban J connectivity index is 2.27. The summed E-state index contributed by atoms with van der Waals surface area (Å²) in [5, 5.41) is 4.05. The van der Waals surface area contributed by atoms with E-state index in [-0.39, 0.29) is 0 Å². The zero-order chi connectivity index (χ0) is 38.4. The number of unbranched alkanes of at least 4 members (excludes halogenated alkanes) is 16. The van der Waals surface area contributed by atoms with Crippen LogP contribution in [-0.2, 0) is 0 Å². The molecule has 0 unspecified atom stereocenters. The second kappa shape index (κ2) is 27.1. The van der Waals surface area contributed by atoms with Gasteiger partial charge in [0.2, 0.25) is 0 Å². The summed E-state index contributed by atoms with van der Waals surface area (Å²) in [5.41, 5.74) is 0.